The van der Waals surface area contributed by atoms with Gasteiger partial charge in [0.05, 0.1) is 22.9 Å². The first-order chi connectivity index (χ1) is 8.04. The normalized spacial score (nSPS) is 10.0. The lowest BCUT2D eigenvalue weighted by Crippen LogP contribution is -2.07. The second kappa shape index (κ2) is 6.46. The number of pyridine rings is 1. The Bertz CT molecular complexity index is 438. The second-order valence-electron chi connectivity index (χ2n) is 2.91. The van der Waals surface area contributed by atoms with Crippen molar-refractivity contribution in [1.82, 2.24) is 4.98 Å². The molecule has 1 heterocycles. The summed E-state index contributed by atoms with van der Waals surface area (Å²) in [5.41, 5.74) is 0.00971. The number of hydrogen-bond donors (Lipinski definition) is 1. The molecular formula is C10H10ClNO4S. The highest BCUT2D eigenvalue weighted by Crippen LogP contribution is 2.25. The number of rotatable bonds is 5. The van der Waals surface area contributed by atoms with Crippen molar-refractivity contribution in [1.29, 1.82) is 0 Å². The number of ether oxygens (including phenoxy) is 1. The lowest BCUT2D eigenvalue weighted by Gasteiger charge is -2.04. The SMILES string of the molecule is CCOC(=O)CSc1ncc(C(=O)O)cc1Cl. The third-order valence-corrected chi connectivity index (χ3v) is 3.07. The summed E-state index contributed by atoms with van der Waals surface area (Å²) < 4.78 is 4.74. The van der Waals surface area contributed by atoms with E-state index in [1.165, 1.54) is 12.3 Å². The molecule has 0 aliphatic heterocycles. The van der Waals surface area contributed by atoms with Gasteiger partial charge in [-0.2, -0.15) is 0 Å². The number of thioether (sulfide) groups is 1. The molecule has 0 spiro atoms. The standard InChI is InChI=1S/C10H10ClNO4S/c1-2-16-8(13)5-17-9-7(11)3-6(4-12-9)10(14)15/h3-4H,2,5H2,1H3,(H,14,15). The van der Waals surface area contributed by atoms with Crippen LogP contribution in [0.3, 0.4) is 0 Å². The van der Waals surface area contributed by atoms with Crippen LogP contribution in [-0.4, -0.2) is 34.4 Å². The van der Waals surface area contributed by atoms with Crippen LogP contribution in [0, 0.1) is 0 Å². The smallest absolute Gasteiger partial charge is 0.337 e. The van der Waals surface area contributed by atoms with Crippen LogP contribution in [0.2, 0.25) is 5.02 Å². The molecular weight excluding hydrogens is 266 g/mol. The van der Waals surface area contributed by atoms with Gasteiger partial charge in [0, 0.05) is 6.20 Å². The Morgan fingerprint density at radius 2 is 2.29 bits per heavy atom. The molecule has 7 heteroatoms. The number of halogens is 1. The summed E-state index contributed by atoms with van der Waals surface area (Å²) in [6.07, 6.45) is 1.20. The fraction of sp³-hybridized carbons (Fsp3) is 0.300. The highest BCUT2D eigenvalue weighted by atomic mass is 35.5. The monoisotopic (exact) mass is 275 g/mol. The van der Waals surface area contributed by atoms with Gasteiger partial charge in [-0.25, -0.2) is 9.78 Å². The number of nitrogens with zero attached hydrogens (tertiary/aromatic N) is 1. The van der Waals surface area contributed by atoms with Crippen LogP contribution >= 0.6 is 23.4 Å². The first kappa shape index (κ1) is 13.8. The maximum absolute atomic E-state index is 11.1. The molecule has 0 saturated carbocycles. The van der Waals surface area contributed by atoms with Crippen LogP contribution in [0.1, 0.15) is 17.3 Å². The summed E-state index contributed by atoms with van der Waals surface area (Å²) in [6, 6.07) is 1.30. The largest absolute Gasteiger partial charge is 0.478 e. The Morgan fingerprint density at radius 3 is 2.82 bits per heavy atom. The number of carbonyl (C=O) groups is 2. The maximum atomic E-state index is 11.1. The molecule has 0 aliphatic rings. The summed E-state index contributed by atoms with van der Waals surface area (Å²) in [7, 11) is 0. The van der Waals surface area contributed by atoms with Gasteiger partial charge < -0.3 is 9.84 Å². The molecule has 0 amide bonds. The molecule has 0 atom stereocenters. The third-order valence-electron chi connectivity index (χ3n) is 1.69. The van der Waals surface area contributed by atoms with Gasteiger partial charge in [-0.1, -0.05) is 23.4 Å². The minimum absolute atomic E-state index is 0.00971. The molecule has 0 saturated heterocycles. The lowest BCUT2D eigenvalue weighted by molar-refractivity contribution is -0.139. The van der Waals surface area contributed by atoms with E-state index in [4.69, 9.17) is 21.4 Å². The topological polar surface area (TPSA) is 76.5 Å². The first-order valence-corrected chi connectivity index (χ1v) is 6.08. The molecule has 0 aliphatic carbocycles. The molecule has 0 aromatic carbocycles. The van der Waals surface area contributed by atoms with Crippen LogP contribution in [0.25, 0.3) is 0 Å². The zero-order valence-corrected chi connectivity index (χ0v) is 10.5. The van der Waals surface area contributed by atoms with Gasteiger partial charge in [-0.05, 0) is 13.0 Å². The van der Waals surface area contributed by atoms with Crippen molar-refractivity contribution < 1.29 is 19.4 Å². The van der Waals surface area contributed by atoms with E-state index < -0.39 is 5.97 Å². The Hall–Kier alpha value is -1.27. The second-order valence-corrected chi connectivity index (χ2v) is 4.28. The van der Waals surface area contributed by atoms with Gasteiger partial charge in [-0.15, -0.1) is 0 Å². The molecule has 1 rings (SSSR count). The molecule has 0 bridgehead atoms. The minimum Gasteiger partial charge on any atom is -0.478 e. The van der Waals surface area contributed by atoms with Crippen molar-refractivity contribution in [2.75, 3.05) is 12.4 Å². The molecule has 1 aromatic heterocycles. The Morgan fingerprint density at radius 1 is 1.59 bits per heavy atom. The number of carboxylic acid groups (broad SMARTS) is 1. The van der Waals surface area contributed by atoms with Gasteiger partial charge >= 0.3 is 11.9 Å². The van der Waals surface area contributed by atoms with Crippen LogP contribution in [-0.2, 0) is 9.53 Å². The van der Waals surface area contributed by atoms with Gasteiger partial charge in [0.25, 0.3) is 0 Å². The van der Waals surface area contributed by atoms with Gasteiger partial charge in [0.1, 0.15) is 5.03 Å². The lowest BCUT2D eigenvalue weighted by atomic mass is 10.3. The Kier molecular flexibility index (Phi) is 5.24. The van der Waals surface area contributed by atoms with Crippen LogP contribution < -0.4 is 0 Å². The quantitative estimate of drug-likeness (QED) is 0.655. The Labute approximate surface area is 107 Å². The van der Waals surface area contributed by atoms with Crippen molar-refractivity contribution >= 4 is 35.3 Å². The molecule has 1 aromatic rings. The number of esters is 1. The number of aromatic nitrogens is 1. The van der Waals surface area contributed by atoms with Crippen LogP contribution in [0.4, 0.5) is 0 Å². The molecule has 17 heavy (non-hydrogen) atoms. The Balaban J connectivity index is 2.66. The van der Waals surface area contributed by atoms with Gasteiger partial charge in [-0.3, -0.25) is 4.79 Å². The highest BCUT2D eigenvalue weighted by Gasteiger charge is 2.11. The molecule has 0 fully saturated rings. The zero-order valence-electron chi connectivity index (χ0n) is 8.97. The van der Waals surface area contributed by atoms with E-state index in [1.807, 2.05) is 0 Å². The van der Waals surface area contributed by atoms with Gasteiger partial charge in [0.2, 0.25) is 0 Å². The van der Waals surface area contributed by atoms with Crippen LogP contribution in [0.5, 0.6) is 0 Å². The first-order valence-electron chi connectivity index (χ1n) is 4.71. The molecule has 5 nitrogen and oxygen atoms in total. The average molecular weight is 276 g/mol. The van der Waals surface area contributed by atoms with E-state index in [-0.39, 0.29) is 22.3 Å². The molecule has 0 unspecified atom stereocenters. The predicted octanol–water partition coefficient (Wildman–Crippen LogP) is 2.09. The summed E-state index contributed by atoms with van der Waals surface area (Å²) in [5.74, 6) is -1.37. The van der Waals surface area contributed by atoms with Crippen molar-refractivity contribution in [3.05, 3.63) is 22.8 Å². The van der Waals surface area contributed by atoms with E-state index in [9.17, 15) is 9.59 Å². The number of aromatic carboxylic acids is 1. The number of carboxylic acids is 1. The fourth-order valence-electron chi connectivity index (χ4n) is 0.978. The summed E-state index contributed by atoms with van der Waals surface area (Å²) in [6.45, 7) is 2.04. The summed E-state index contributed by atoms with van der Waals surface area (Å²) >= 11 is 6.94. The van der Waals surface area contributed by atoms with Crippen molar-refractivity contribution in [2.45, 2.75) is 11.9 Å². The third kappa shape index (κ3) is 4.24. The minimum atomic E-state index is -1.10. The van der Waals surface area contributed by atoms with E-state index in [0.29, 0.717) is 11.6 Å². The maximum Gasteiger partial charge on any atom is 0.337 e. The number of carbonyl (C=O) groups excluding carboxylic acids is 1. The summed E-state index contributed by atoms with van der Waals surface area (Å²) in [4.78, 5) is 25.6. The molecule has 92 valence electrons. The molecule has 0 radical (unpaired) electrons. The average Bonchev–Trinajstić information content (AvgIpc) is 2.27. The van der Waals surface area contributed by atoms with Crippen LogP contribution in [0.15, 0.2) is 17.3 Å². The van der Waals surface area contributed by atoms with Crippen molar-refractivity contribution in [3.8, 4) is 0 Å². The zero-order chi connectivity index (χ0) is 12.8. The highest BCUT2D eigenvalue weighted by molar-refractivity contribution is 8.00. The fourth-order valence-corrected chi connectivity index (χ4v) is 1.97. The number of hydrogen-bond acceptors (Lipinski definition) is 5. The predicted molar refractivity (Wildman–Crippen MR) is 63.6 cm³/mol. The van der Waals surface area contributed by atoms with E-state index in [0.717, 1.165) is 11.8 Å². The summed E-state index contributed by atoms with van der Waals surface area (Å²) in [5, 5.41) is 9.32. The van der Waals surface area contributed by atoms with Gasteiger partial charge in [0.15, 0.2) is 0 Å². The van der Waals surface area contributed by atoms with E-state index in [2.05, 4.69) is 4.98 Å². The van der Waals surface area contributed by atoms with E-state index in [1.54, 1.807) is 6.92 Å². The van der Waals surface area contributed by atoms with E-state index >= 15 is 0 Å². The van der Waals surface area contributed by atoms with Crippen molar-refractivity contribution in [3.63, 3.8) is 0 Å². The molecule has 1 N–H and O–H groups in total. The van der Waals surface area contributed by atoms with Crippen molar-refractivity contribution in [2.24, 2.45) is 0 Å².